The molecule has 92 valence electrons. The molecule has 1 aromatic heterocycles. The Labute approximate surface area is 103 Å². The van der Waals surface area contributed by atoms with Crippen molar-refractivity contribution in [1.82, 2.24) is 4.98 Å². The van der Waals surface area contributed by atoms with Gasteiger partial charge in [0.05, 0.1) is 11.1 Å². The molecular weight excluding hydrogens is 244 g/mol. The molecular formula is C10H13ClN4O2. The number of oxime groups is 1. The van der Waals surface area contributed by atoms with Crippen molar-refractivity contribution in [2.24, 2.45) is 10.9 Å². The van der Waals surface area contributed by atoms with Gasteiger partial charge in [0.15, 0.2) is 5.84 Å². The lowest BCUT2D eigenvalue weighted by molar-refractivity contribution is 0.198. The lowest BCUT2D eigenvalue weighted by atomic mass is 10.2. The first kappa shape index (κ1) is 11.9. The van der Waals surface area contributed by atoms with Crippen LogP contribution in [0.5, 0.6) is 0 Å². The van der Waals surface area contributed by atoms with Gasteiger partial charge in [-0.15, -0.1) is 0 Å². The molecule has 6 nitrogen and oxygen atoms in total. The van der Waals surface area contributed by atoms with Crippen LogP contribution in [-0.2, 0) is 0 Å². The van der Waals surface area contributed by atoms with Crippen LogP contribution in [0.25, 0.3) is 0 Å². The molecule has 1 aromatic rings. The van der Waals surface area contributed by atoms with E-state index in [0.717, 1.165) is 0 Å². The number of amidine groups is 1. The number of pyridine rings is 1. The van der Waals surface area contributed by atoms with Crippen LogP contribution in [0.15, 0.2) is 17.4 Å². The molecule has 0 radical (unpaired) electrons. The van der Waals surface area contributed by atoms with Crippen molar-refractivity contribution in [1.29, 1.82) is 0 Å². The zero-order chi connectivity index (χ0) is 12.4. The number of anilines is 1. The second-order valence-electron chi connectivity index (χ2n) is 3.87. The zero-order valence-corrected chi connectivity index (χ0v) is 9.80. The van der Waals surface area contributed by atoms with Crippen molar-refractivity contribution in [3.05, 3.63) is 22.8 Å². The molecule has 1 aliphatic heterocycles. The normalized spacial score (nSPS) is 20.9. The van der Waals surface area contributed by atoms with E-state index in [1.165, 1.54) is 0 Å². The molecule has 2 heterocycles. The smallest absolute Gasteiger partial charge is 0.171 e. The van der Waals surface area contributed by atoms with Gasteiger partial charge in [-0.1, -0.05) is 16.8 Å². The average molecular weight is 257 g/mol. The predicted octanol–water partition coefficient (Wildman–Crippen LogP) is 0.400. The highest BCUT2D eigenvalue weighted by Crippen LogP contribution is 2.29. The fourth-order valence-electron chi connectivity index (χ4n) is 1.84. The Balaban J connectivity index is 2.36. The number of hydrogen-bond donors (Lipinski definition) is 3. The summed E-state index contributed by atoms with van der Waals surface area (Å²) in [5, 5.41) is 21.4. The first-order chi connectivity index (χ1) is 8.13. The molecule has 7 heteroatoms. The number of aromatic nitrogens is 1. The van der Waals surface area contributed by atoms with Gasteiger partial charge in [0.1, 0.15) is 5.82 Å². The van der Waals surface area contributed by atoms with E-state index in [9.17, 15) is 5.11 Å². The number of hydrogen-bond acceptors (Lipinski definition) is 5. The van der Waals surface area contributed by atoms with E-state index in [1.54, 1.807) is 12.3 Å². The number of aliphatic hydroxyl groups excluding tert-OH is 1. The first-order valence-electron chi connectivity index (χ1n) is 5.19. The molecule has 1 saturated heterocycles. The van der Waals surface area contributed by atoms with Crippen molar-refractivity contribution in [3.63, 3.8) is 0 Å². The molecule has 0 bridgehead atoms. The van der Waals surface area contributed by atoms with Gasteiger partial charge < -0.3 is 20.9 Å². The predicted molar refractivity (Wildman–Crippen MR) is 64.6 cm³/mol. The van der Waals surface area contributed by atoms with E-state index in [-0.39, 0.29) is 11.9 Å². The molecule has 1 aliphatic rings. The molecule has 0 amide bonds. The summed E-state index contributed by atoms with van der Waals surface area (Å²) in [6.45, 7) is 1.18. The maximum Gasteiger partial charge on any atom is 0.171 e. The minimum absolute atomic E-state index is 0.0570. The fourth-order valence-corrected chi connectivity index (χ4v) is 2.17. The topological polar surface area (TPSA) is 95.0 Å². The molecule has 1 fully saturated rings. The van der Waals surface area contributed by atoms with Gasteiger partial charge in [-0.2, -0.15) is 0 Å². The highest BCUT2D eigenvalue weighted by molar-refractivity contribution is 6.36. The Hall–Kier alpha value is -1.53. The number of rotatable bonds is 2. The molecule has 0 spiro atoms. The lowest BCUT2D eigenvalue weighted by Crippen LogP contribution is -2.24. The number of nitrogens with two attached hydrogens (primary N) is 1. The molecule has 2 rings (SSSR count). The quantitative estimate of drug-likeness (QED) is 0.308. The van der Waals surface area contributed by atoms with Gasteiger partial charge >= 0.3 is 0 Å². The third-order valence-corrected chi connectivity index (χ3v) is 3.09. The highest BCUT2D eigenvalue weighted by atomic mass is 35.5. The molecule has 0 aromatic carbocycles. The Morgan fingerprint density at radius 3 is 3.00 bits per heavy atom. The van der Waals surface area contributed by atoms with Gasteiger partial charge in [-0.3, -0.25) is 0 Å². The Kier molecular flexibility index (Phi) is 3.35. The summed E-state index contributed by atoms with van der Waals surface area (Å²) < 4.78 is 0. The SMILES string of the molecule is N/C(=N/O)c1ccnc(N2CCC(O)C2)c1Cl. The van der Waals surface area contributed by atoms with E-state index in [4.69, 9.17) is 22.5 Å². The number of β-amino-alcohol motifs (C(OH)–C–C–N with tert-alkyl or cyclic N) is 1. The van der Waals surface area contributed by atoms with Gasteiger partial charge in [-0.25, -0.2) is 4.98 Å². The zero-order valence-electron chi connectivity index (χ0n) is 9.04. The van der Waals surface area contributed by atoms with E-state index >= 15 is 0 Å². The Morgan fingerprint density at radius 1 is 1.65 bits per heavy atom. The van der Waals surface area contributed by atoms with E-state index in [2.05, 4.69) is 10.1 Å². The summed E-state index contributed by atoms with van der Waals surface area (Å²) in [5.41, 5.74) is 5.94. The maximum atomic E-state index is 9.48. The van der Waals surface area contributed by atoms with Gasteiger partial charge in [0, 0.05) is 24.8 Å². The van der Waals surface area contributed by atoms with Crippen LogP contribution in [0, 0.1) is 0 Å². The Bertz CT molecular complexity index is 452. The van der Waals surface area contributed by atoms with Crippen molar-refractivity contribution in [3.8, 4) is 0 Å². The highest BCUT2D eigenvalue weighted by Gasteiger charge is 2.24. The largest absolute Gasteiger partial charge is 0.409 e. The molecule has 17 heavy (non-hydrogen) atoms. The van der Waals surface area contributed by atoms with Crippen LogP contribution in [0.2, 0.25) is 5.02 Å². The number of nitrogens with zero attached hydrogens (tertiary/aromatic N) is 3. The van der Waals surface area contributed by atoms with Crippen molar-refractivity contribution in [2.75, 3.05) is 18.0 Å². The average Bonchev–Trinajstić information content (AvgIpc) is 2.75. The van der Waals surface area contributed by atoms with Crippen LogP contribution >= 0.6 is 11.6 Å². The number of aliphatic hydroxyl groups is 1. The van der Waals surface area contributed by atoms with Crippen LogP contribution < -0.4 is 10.6 Å². The van der Waals surface area contributed by atoms with Crippen molar-refractivity contribution in [2.45, 2.75) is 12.5 Å². The van der Waals surface area contributed by atoms with Gasteiger partial charge in [-0.05, 0) is 12.5 Å². The summed E-state index contributed by atoms with van der Waals surface area (Å²) in [7, 11) is 0. The molecule has 4 N–H and O–H groups in total. The van der Waals surface area contributed by atoms with Gasteiger partial charge in [0.2, 0.25) is 0 Å². The van der Waals surface area contributed by atoms with Crippen molar-refractivity contribution < 1.29 is 10.3 Å². The van der Waals surface area contributed by atoms with E-state index in [0.29, 0.717) is 35.9 Å². The maximum absolute atomic E-state index is 9.48. The summed E-state index contributed by atoms with van der Waals surface area (Å²) in [4.78, 5) is 6.04. The van der Waals surface area contributed by atoms with Crippen LogP contribution in [-0.4, -0.2) is 40.3 Å². The number of halogens is 1. The van der Waals surface area contributed by atoms with E-state index in [1.807, 2.05) is 4.90 Å². The summed E-state index contributed by atoms with van der Waals surface area (Å²) in [6, 6.07) is 1.58. The van der Waals surface area contributed by atoms with Gasteiger partial charge in [0.25, 0.3) is 0 Å². The van der Waals surface area contributed by atoms with E-state index < -0.39 is 0 Å². The second-order valence-corrected chi connectivity index (χ2v) is 4.25. The summed E-state index contributed by atoms with van der Waals surface area (Å²) in [6.07, 6.45) is 1.87. The lowest BCUT2D eigenvalue weighted by Gasteiger charge is -2.18. The Morgan fingerprint density at radius 2 is 2.41 bits per heavy atom. The summed E-state index contributed by atoms with van der Waals surface area (Å²) >= 11 is 6.15. The van der Waals surface area contributed by atoms with Crippen LogP contribution in [0.3, 0.4) is 0 Å². The van der Waals surface area contributed by atoms with Crippen LogP contribution in [0.1, 0.15) is 12.0 Å². The van der Waals surface area contributed by atoms with Crippen LogP contribution in [0.4, 0.5) is 5.82 Å². The molecule has 0 aliphatic carbocycles. The molecule has 0 saturated carbocycles. The minimum atomic E-state index is -0.361. The third kappa shape index (κ3) is 2.27. The first-order valence-corrected chi connectivity index (χ1v) is 5.56. The monoisotopic (exact) mass is 256 g/mol. The van der Waals surface area contributed by atoms with Crippen molar-refractivity contribution >= 4 is 23.3 Å². The standard InChI is InChI=1S/C10H13ClN4O2/c11-8-7(9(12)14-17)1-3-13-10(8)15-4-2-6(16)5-15/h1,3,6,16-17H,2,4-5H2,(H2,12,14). The second kappa shape index (κ2) is 4.77. The molecule has 1 atom stereocenters. The summed E-state index contributed by atoms with van der Waals surface area (Å²) in [5.74, 6) is 0.491. The third-order valence-electron chi connectivity index (χ3n) is 2.72. The minimum Gasteiger partial charge on any atom is -0.409 e. The fraction of sp³-hybridized carbons (Fsp3) is 0.400. The molecule has 1 unspecified atom stereocenters.